The minimum atomic E-state index is -2.39. The first kappa shape index (κ1) is 9.34. The Hall–Kier alpha value is -0.220. The lowest BCUT2D eigenvalue weighted by Crippen LogP contribution is -2.52. The molecule has 0 bridgehead atoms. The summed E-state index contributed by atoms with van der Waals surface area (Å²) in [6, 6.07) is 0.498. The third kappa shape index (κ3) is 2.17. The first-order valence-electron chi connectivity index (χ1n) is 4.88. The van der Waals surface area contributed by atoms with Gasteiger partial charge in [0, 0.05) is 31.5 Å². The fourth-order valence-corrected chi connectivity index (χ4v) is 2.18. The highest BCUT2D eigenvalue weighted by molar-refractivity contribution is 4.94. The number of likely N-dealkylation sites (N-methyl/N-ethyl adjacent to an activating group) is 1. The number of likely N-dealkylation sites (tertiary alicyclic amines) is 1. The molecule has 2 fully saturated rings. The van der Waals surface area contributed by atoms with E-state index in [0.717, 1.165) is 19.5 Å². The minimum absolute atomic E-state index is 0.0349. The monoisotopic (exact) mass is 190 g/mol. The van der Waals surface area contributed by atoms with E-state index < -0.39 is 5.92 Å². The smallest absolute Gasteiger partial charge is 0.251 e. The molecule has 2 aliphatic rings. The zero-order valence-corrected chi connectivity index (χ0v) is 7.89. The zero-order valence-electron chi connectivity index (χ0n) is 7.89. The van der Waals surface area contributed by atoms with Crippen LogP contribution in [0.2, 0.25) is 0 Å². The topological polar surface area (TPSA) is 15.3 Å². The van der Waals surface area contributed by atoms with Gasteiger partial charge in [0.05, 0.1) is 0 Å². The molecular weight excluding hydrogens is 174 g/mol. The van der Waals surface area contributed by atoms with Gasteiger partial charge in [0.25, 0.3) is 5.92 Å². The van der Waals surface area contributed by atoms with Crippen LogP contribution in [-0.2, 0) is 0 Å². The van der Waals surface area contributed by atoms with Crippen LogP contribution in [-0.4, -0.2) is 43.0 Å². The van der Waals surface area contributed by atoms with E-state index in [1.807, 2.05) is 0 Å². The quantitative estimate of drug-likeness (QED) is 0.701. The number of rotatable bonds is 2. The number of nitrogens with zero attached hydrogens (tertiary/aromatic N) is 1. The second-order valence-corrected chi connectivity index (χ2v) is 4.38. The summed E-state index contributed by atoms with van der Waals surface area (Å²) in [5.74, 6) is -2.39. The Morgan fingerprint density at radius 3 is 2.46 bits per heavy atom. The van der Waals surface area contributed by atoms with E-state index in [-0.39, 0.29) is 18.9 Å². The van der Waals surface area contributed by atoms with Crippen molar-refractivity contribution in [2.24, 2.45) is 0 Å². The third-order valence-electron chi connectivity index (χ3n) is 2.95. The highest BCUT2D eigenvalue weighted by atomic mass is 19.3. The van der Waals surface area contributed by atoms with Crippen LogP contribution in [0.15, 0.2) is 0 Å². The summed E-state index contributed by atoms with van der Waals surface area (Å²) in [5.41, 5.74) is 0. The van der Waals surface area contributed by atoms with Crippen LogP contribution in [0.4, 0.5) is 8.78 Å². The maximum Gasteiger partial charge on any atom is 0.251 e. The van der Waals surface area contributed by atoms with E-state index >= 15 is 0 Å². The Balaban J connectivity index is 1.69. The normalized spacial score (nSPS) is 34.8. The van der Waals surface area contributed by atoms with Gasteiger partial charge in [-0.05, 0) is 20.0 Å². The van der Waals surface area contributed by atoms with Crippen LogP contribution < -0.4 is 5.32 Å². The van der Waals surface area contributed by atoms with Gasteiger partial charge in [-0.1, -0.05) is 0 Å². The van der Waals surface area contributed by atoms with Crippen molar-refractivity contribution >= 4 is 0 Å². The number of alkyl halides is 2. The molecule has 76 valence electrons. The van der Waals surface area contributed by atoms with Crippen LogP contribution in [0.3, 0.4) is 0 Å². The molecule has 0 radical (unpaired) electrons. The van der Waals surface area contributed by atoms with Crippen LogP contribution in [0.5, 0.6) is 0 Å². The molecule has 13 heavy (non-hydrogen) atoms. The molecule has 1 atom stereocenters. The van der Waals surface area contributed by atoms with Crippen LogP contribution in [0, 0.1) is 0 Å². The van der Waals surface area contributed by atoms with E-state index in [9.17, 15) is 8.78 Å². The largest absolute Gasteiger partial charge is 0.309 e. The first-order valence-corrected chi connectivity index (χ1v) is 4.88. The number of hydrogen-bond donors (Lipinski definition) is 1. The second-order valence-electron chi connectivity index (χ2n) is 4.38. The van der Waals surface area contributed by atoms with Crippen LogP contribution >= 0.6 is 0 Å². The zero-order chi connectivity index (χ0) is 9.47. The predicted molar refractivity (Wildman–Crippen MR) is 47.0 cm³/mol. The lowest BCUT2D eigenvalue weighted by atomic mass is 9.87. The Bertz CT molecular complexity index is 188. The average molecular weight is 190 g/mol. The van der Waals surface area contributed by atoms with Gasteiger partial charge in [-0.15, -0.1) is 0 Å². The molecule has 1 saturated heterocycles. The SMILES string of the molecule is CN1CC[C@@H](NC2CC(F)(F)C2)C1. The number of nitrogens with one attached hydrogen (secondary N) is 1. The molecule has 1 heterocycles. The van der Waals surface area contributed by atoms with Gasteiger partial charge in [-0.3, -0.25) is 0 Å². The summed E-state index contributed by atoms with van der Waals surface area (Å²) in [7, 11) is 2.07. The molecule has 0 aromatic carbocycles. The lowest BCUT2D eigenvalue weighted by Gasteiger charge is -2.37. The van der Waals surface area contributed by atoms with Gasteiger partial charge in [0.15, 0.2) is 0 Å². The van der Waals surface area contributed by atoms with Crippen LogP contribution in [0.1, 0.15) is 19.3 Å². The van der Waals surface area contributed by atoms with E-state index in [1.54, 1.807) is 0 Å². The molecule has 2 rings (SSSR count). The Morgan fingerprint density at radius 1 is 1.31 bits per heavy atom. The average Bonchev–Trinajstić information content (AvgIpc) is 2.31. The molecule has 0 unspecified atom stereocenters. The maximum atomic E-state index is 12.5. The van der Waals surface area contributed by atoms with Gasteiger partial charge < -0.3 is 10.2 Å². The Morgan fingerprint density at radius 2 is 2.00 bits per heavy atom. The molecule has 0 aromatic rings. The first-order chi connectivity index (χ1) is 6.05. The Kier molecular flexibility index (Phi) is 2.28. The van der Waals surface area contributed by atoms with Crippen molar-refractivity contribution in [1.82, 2.24) is 10.2 Å². The minimum Gasteiger partial charge on any atom is -0.309 e. The Labute approximate surface area is 77.3 Å². The standard InChI is InChI=1S/C9H16F2N2/c1-13-3-2-7(6-13)12-8-4-9(10,11)5-8/h7-8,12H,2-6H2,1H3/t7-/m1/s1. The molecule has 0 aromatic heterocycles. The van der Waals surface area contributed by atoms with E-state index in [0.29, 0.717) is 6.04 Å². The van der Waals surface area contributed by atoms with Gasteiger partial charge >= 0.3 is 0 Å². The van der Waals surface area contributed by atoms with Crippen molar-refractivity contribution in [3.05, 3.63) is 0 Å². The molecule has 1 aliphatic carbocycles. The summed E-state index contributed by atoms with van der Waals surface area (Å²) in [6.07, 6.45) is 1.17. The maximum absolute atomic E-state index is 12.5. The van der Waals surface area contributed by atoms with E-state index in [1.165, 1.54) is 0 Å². The summed E-state index contributed by atoms with van der Waals surface area (Å²) in [5, 5.41) is 3.28. The molecule has 0 spiro atoms. The molecular formula is C9H16F2N2. The summed E-state index contributed by atoms with van der Waals surface area (Å²) < 4.78 is 25.0. The summed E-state index contributed by atoms with van der Waals surface area (Å²) in [6.45, 7) is 2.09. The van der Waals surface area contributed by atoms with Crippen molar-refractivity contribution in [3.8, 4) is 0 Å². The van der Waals surface area contributed by atoms with Crippen molar-refractivity contribution in [2.75, 3.05) is 20.1 Å². The highest BCUT2D eigenvalue weighted by Crippen LogP contribution is 2.37. The van der Waals surface area contributed by atoms with E-state index in [2.05, 4.69) is 17.3 Å². The summed E-state index contributed by atoms with van der Waals surface area (Å²) in [4.78, 5) is 2.23. The van der Waals surface area contributed by atoms with Crippen molar-refractivity contribution in [1.29, 1.82) is 0 Å². The molecule has 1 aliphatic heterocycles. The van der Waals surface area contributed by atoms with Gasteiger partial charge in [0.2, 0.25) is 0 Å². The number of halogens is 2. The molecule has 1 saturated carbocycles. The lowest BCUT2D eigenvalue weighted by molar-refractivity contribution is -0.0944. The fraction of sp³-hybridized carbons (Fsp3) is 1.00. The molecule has 1 N–H and O–H groups in total. The molecule has 2 nitrogen and oxygen atoms in total. The third-order valence-corrected chi connectivity index (χ3v) is 2.95. The molecule has 0 amide bonds. The van der Waals surface area contributed by atoms with E-state index in [4.69, 9.17) is 0 Å². The molecule has 4 heteroatoms. The van der Waals surface area contributed by atoms with Gasteiger partial charge in [-0.2, -0.15) is 0 Å². The van der Waals surface area contributed by atoms with Crippen LogP contribution in [0.25, 0.3) is 0 Å². The second kappa shape index (κ2) is 3.17. The van der Waals surface area contributed by atoms with Crippen molar-refractivity contribution in [2.45, 2.75) is 37.3 Å². The van der Waals surface area contributed by atoms with Crippen molar-refractivity contribution in [3.63, 3.8) is 0 Å². The number of hydrogen-bond acceptors (Lipinski definition) is 2. The predicted octanol–water partition coefficient (Wildman–Crippen LogP) is 1.08. The summed E-state index contributed by atoms with van der Waals surface area (Å²) >= 11 is 0. The fourth-order valence-electron chi connectivity index (χ4n) is 2.18. The van der Waals surface area contributed by atoms with Crippen molar-refractivity contribution < 1.29 is 8.78 Å². The highest BCUT2D eigenvalue weighted by Gasteiger charge is 2.45. The van der Waals surface area contributed by atoms with Gasteiger partial charge in [-0.25, -0.2) is 8.78 Å². The van der Waals surface area contributed by atoms with Gasteiger partial charge in [0.1, 0.15) is 0 Å².